The van der Waals surface area contributed by atoms with Gasteiger partial charge < -0.3 is 55.9 Å². The van der Waals surface area contributed by atoms with Crippen molar-refractivity contribution in [3.8, 4) is 18.2 Å². The minimum atomic E-state index is -4.31. The molecule has 0 saturated carbocycles. The van der Waals surface area contributed by atoms with E-state index in [2.05, 4.69) is 71.6 Å². The quantitative estimate of drug-likeness (QED) is 0.0868. The Labute approximate surface area is 475 Å². The van der Waals surface area contributed by atoms with Crippen molar-refractivity contribution in [2.45, 2.75) is 110 Å². The zero-order valence-corrected chi connectivity index (χ0v) is 48.0. The predicted molar refractivity (Wildman–Crippen MR) is 309 cm³/mol. The number of alkyl carbamates (subject to hydrolysis) is 2. The standard InChI is InChI=1S/C21H26N4O3.C16H15F3N4O.C11H22N2O2.C10H5BrN2O/c1-13-9-15(23-20(27)28-21(2,3)4)12-25(11-13)17-7-5-14(10-22)19-16(17)6-8-18(26)24-19;17-16(18,19)10-5-11(21)8-23(7-10)13-3-1-9(6-20)15-12(13)2-4-14(24)22-15;1-8-5-9(7-12-6-8)13-10(14)15-11(2,3)4;11-8-3-1-6(5-12)10-7(8)2-4-9(14)13-10/h5-8,13,15H,9,11-12H2,1-4H3,(H,23,27)(H,24,26);1-4,10-11H,5,7-8,21H2,(H,22,24);8-9,12H,5-7H2,1-4H3,(H,13,14);1-4H,(H,13,14)/t13-,15+;10-,11+;8-,9+;/m000./s1. The van der Waals surface area contributed by atoms with Gasteiger partial charge in [-0.3, -0.25) is 14.4 Å². The minimum Gasteiger partial charge on any atom is -0.444 e. The van der Waals surface area contributed by atoms with Crippen LogP contribution in [0.1, 0.15) is 91.3 Å². The number of pyridine rings is 3. The number of aromatic nitrogens is 3. The van der Waals surface area contributed by atoms with Crippen LogP contribution in [-0.4, -0.2) is 102 Å². The molecular weight excluding hydrogens is 1110 g/mol. The average molecular weight is 1180 g/mol. The third-order valence-corrected chi connectivity index (χ3v) is 13.9. The Balaban J connectivity index is 0.000000181. The number of aromatic amines is 3. The van der Waals surface area contributed by atoms with Crippen LogP contribution in [0.2, 0.25) is 0 Å². The van der Waals surface area contributed by atoms with Crippen molar-refractivity contribution in [2.24, 2.45) is 23.5 Å². The summed E-state index contributed by atoms with van der Waals surface area (Å²) in [5, 5.41) is 38.7. The number of anilines is 2. The predicted octanol–water partition coefficient (Wildman–Crippen LogP) is 8.93. The Morgan fingerprint density at radius 1 is 0.593 bits per heavy atom. The van der Waals surface area contributed by atoms with Gasteiger partial charge in [0.2, 0.25) is 16.7 Å². The fourth-order valence-corrected chi connectivity index (χ4v) is 10.4. The van der Waals surface area contributed by atoms with Crippen LogP contribution in [0.5, 0.6) is 0 Å². The van der Waals surface area contributed by atoms with Crippen LogP contribution in [-0.2, 0) is 9.47 Å². The first-order chi connectivity index (χ1) is 38.0. The molecule has 0 bridgehead atoms. The monoisotopic (exact) mass is 1180 g/mol. The van der Waals surface area contributed by atoms with Crippen LogP contribution < -0.4 is 48.2 Å². The summed E-state index contributed by atoms with van der Waals surface area (Å²) < 4.78 is 50.8. The molecule has 0 aliphatic carbocycles. The Bertz CT molecular complexity index is 3550. The van der Waals surface area contributed by atoms with E-state index in [9.17, 15) is 42.4 Å². The number of nitrogens with two attached hydrogens (primary N) is 1. The SMILES string of the molecule is C[C@@H]1CNC[C@H](NC(=O)OC(C)(C)C)C1.C[C@H]1C[C@@H](NC(=O)OC(C)(C)C)CN(c2ccc(C#N)c3[nH]c(=O)ccc23)C1.N#Cc1ccc(Br)c2ccc(=O)[nH]c12.N#Cc1ccc(N2C[C@H](N)C[C@H](C(F)(F)F)C2)c2ccc(=O)[nH]c12. The van der Waals surface area contributed by atoms with Gasteiger partial charge in [-0.05, 0) is 134 Å². The lowest BCUT2D eigenvalue weighted by Crippen LogP contribution is -2.51. The van der Waals surface area contributed by atoms with Crippen LogP contribution in [0.4, 0.5) is 34.1 Å². The number of rotatable bonds is 4. The molecule has 0 spiro atoms. The number of hydrogen-bond acceptors (Lipinski definition) is 14. The highest BCUT2D eigenvalue weighted by Crippen LogP contribution is 2.37. The summed E-state index contributed by atoms with van der Waals surface area (Å²) in [6.45, 7) is 18.9. The second-order valence-electron chi connectivity index (χ2n) is 22.6. The van der Waals surface area contributed by atoms with Crippen LogP contribution >= 0.6 is 15.9 Å². The Morgan fingerprint density at radius 3 is 1.48 bits per heavy atom. The molecule has 23 heteroatoms. The highest BCUT2D eigenvalue weighted by molar-refractivity contribution is 9.10. The van der Waals surface area contributed by atoms with Crippen molar-refractivity contribution in [1.29, 1.82) is 15.8 Å². The van der Waals surface area contributed by atoms with Crippen molar-refractivity contribution in [3.05, 3.63) is 125 Å². The first-order valence-electron chi connectivity index (χ1n) is 26.4. The summed E-state index contributed by atoms with van der Waals surface area (Å²) in [5.41, 5.74) is 8.13. The molecule has 19 nitrogen and oxygen atoms in total. The number of ether oxygens (including phenoxy) is 2. The Morgan fingerprint density at radius 2 is 1.02 bits per heavy atom. The molecule has 3 aliphatic heterocycles. The van der Waals surface area contributed by atoms with E-state index in [0.717, 1.165) is 53.4 Å². The number of nitrogens with one attached hydrogen (secondary N) is 6. The summed E-state index contributed by atoms with van der Waals surface area (Å²) in [6.07, 6.45) is -3.27. The van der Waals surface area contributed by atoms with Crippen LogP contribution in [0.25, 0.3) is 32.7 Å². The van der Waals surface area contributed by atoms with Gasteiger partial charge in [-0.2, -0.15) is 29.0 Å². The maximum Gasteiger partial charge on any atom is 0.407 e. The molecule has 6 atom stereocenters. The number of nitrogens with zero attached hydrogens (tertiary/aromatic N) is 5. The highest BCUT2D eigenvalue weighted by Gasteiger charge is 2.44. The van der Waals surface area contributed by atoms with E-state index in [0.29, 0.717) is 57.1 Å². The van der Waals surface area contributed by atoms with E-state index in [1.165, 1.54) is 30.3 Å². The van der Waals surface area contributed by atoms with E-state index in [-0.39, 0.29) is 59.9 Å². The van der Waals surface area contributed by atoms with Crippen LogP contribution in [0.15, 0.2) is 91.7 Å². The molecule has 3 aromatic heterocycles. The van der Waals surface area contributed by atoms with Crippen molar-refractivity contribution >= 4 is 72.2 Å². The lowest BCUT2D eigenvalue weighted by molar-refractivity contribution is -0.177. The zero-order valence-electron chi connectivity index (χ0n) is 46.4. The van der Waals surface area contributed by atoms with Gasteiger partial charge in [0.15, 0.2) is 0 Å². The molecular formula is C58H68BrF3N12O7. The summed E-state index contributed by atoms with van der Waals surface area (Å²) >= 11 is 3.35. The van der Waals surface area contributed by atoms with E-state index >= 15 is 0 Å². The number of carbonyl (C=O) groups is 2. The number of H-pyrrole nitrogens is 3. The van der Waals surface area contributed by atoms with E-state index < -0.39 is 35.4 Å². The molecule has 2 amide bonds. The largest absolute Gasteiger partial charge is 0.444 e. The van der Waals surface area contributed by atoms with Crippen LogP contribution in [0, 0.1) is 51.7 Å². The van der Waals surface area contributed by atoms with Gasteiger partial charge in [0.05, 0.1) is 39.2 Å². The number of halogens is 4. The second kappa shape index (κ2) is 26.6. The van der Waals surface area contributed by atoms with Crippen molar-refractivity contribution < 1.29 is 32.2 Å². The Kier molecular flexibility index (Phi) is 20.4. The topological polar surface area (TPSA) is 291 Å². The first kappa shape index (κ1) is 62.3. The summed E-state index contributed by atoms with van der Waals surface area (Å²) in [4.78, 5) is 69.8. The highest BCUT2D eigenvalue weighted by atomic mass is 79.9. The van der Waals surface area contributed by atoms with E-state index in [1.54, 1.807) is 41.3 Å². The average Bonchev–Trinajstić information content (AvgIpc) is 3.39. The van der Waals surface area contributed by atoms with Gasteiger partial charge in [0.1, 0.15) is 29.4 Å². The number of alkyl halides is 3. The van der Waals surface area contributed by atoms with Gasteiger partial charge in [0, 0.05) is 101 Å². The lowest BCUT2D eigenvalue weighted by Gasteiger charge is -2.39. The van der Waals surface area contributed by atoms with Crippen LogP contribution in [0.3, 0.4) is 0 Å². The number of hydrogen-bond donors (Lipinski definition) is 7. The number of carbonyl (C=O) groups excluding carboxylic acids is 2. The lowest BCUT2D eigenvalue weighted by atomic mass is 9.93. The molecule has 3 saturated heterocycles. The molecule has 0 unspecified atom stereocenters. The van der Waals surface area contributed by atoms with E-state index in [4.69, 9.17) is 25.7 Å². The minimum absolute atomic E-state index is 0.0490. The fourth-order valence-electron chi connectivity index (χ4n) is 9.96. The number of nitriles is 3. The molecule has 9 rings (SSSR count). The summed E-state index contributed by atoms with van der Waals surface area (Å²) in [5.74, 6) is -0.532. The number of piperidine rings is 3. The molecule has 6 aromatic rings. The smallest absolute Gasteiger partial charge is 0.407 e. The Hall–Kier alpha value is -7.91. The molecule has 81 heavy (non-hydrogen) atoms. The number of benzene rings is 3. The van der Waals surface area contributed by atoms with Gasteiger partial charge in [-0.1, -0.05) is 29.8 Å². The van der Waals surface area contributed by atoms with Gasteiger partial charge in [0.25, 0.3) is 0 Å². The zero-order chi connectivity index (χ0) is 59.6. The molecule has 3 aliphatic rings. The van der Waals surface area contributed by atoms with Gasteiger partial charge in [-0.15, -0.1) is 0 Å². The molecule has 430 valence electrons. The van der Waals surface area contributed by atoms with Crippen molar-refractivity contribution in [1.82, 2.24) is 30.9 Å². The molecule has 0 radical (unpaired) electrons. The summed E-state index contributed by atoms with van der Waals surface area (Å²) in [6, 6.07) is 25.0. The fraction of sp³-hybridized carbons (Fsp3) is 0.448. The summed E-state index contributed by atoms with van der Waals surface area (Å²) in [7, 11) is 0. The van der Waals surface area contributed by atoms with E-state index in [1.807, 2.05) is 59.7 Å². The van der Waals surface area contributed by atoms with Gasteiger partial charge >= 0.3 is 18.4 Å². The third kappa shape index (κ3) is 17.5. The number of amides is 2. The maximum absolute atomic E-state index is 13.1. The molecule has 3 aromatic carbocycles. The first-order valence-corrected chi connectivity index (χ1v) is 27.2. The third-order valence-electron chi connectivity index (χ3n) is 13.2. The molecule has 8 N–H and O–H groups in total. The number of fused-ring (bicyclic) bond motifs is 3. The molecule has 6 heterocycles. The normalized spacial score (nSPS) is 20.1. The van der Waals surface area contributed by atoms with Gasteiger partial charge in [-0.25, -0.2) is 9.59 Å². The maximum atomic E-state index is 13.1. The van der Waals surface area contributed by atoms with Crippen molar-refractivity contribution in [2.75, 3.05) is 49.1 Å². The van der Waals surface area contributed by atoms with Crippen molar-refractivity contribution in [3.63, 3.8) is 0 Å². The second-order valence-corrected chi connectivity index (χ2v) is 23.5. The molecule has 3 fully saturated rings.